The molecule has 3 aromatic heterocycles. The molecule has 1 aliphatic heterocycles. The average molecular weight is 445 g/mol. The fraction of sp³-hybridized carbons (Fsp3) is 0.360. The Kier molecular flexibility index (Phi) is 5.67. The molecule has 0 aliphatic carbocycles. The van der Waals surface area contributed by atoms with Crippen LogP contribution < -0.4 is 9.47 Å². The summed E-state index contributed by atoms with van der Waals surface area (Å²) < 4.78 is 13.5. The molecule has 33 heavy (non-hydrogen) atoms. The molecule has 0 spiro atoms. The molecule has 8 nitrogen and oxygen atoms in total. The van der Waals surface area contributed by atoms with Gasteiger partial charge in [-0.3, -0.25) is 4.90 Å². The molecule has 0 amide bonds. The summed E-state index contributed by atoms with van der Waals surface area (Å²) in [4.78, 5) is 12.7. The van der Waals surface area contributed by atoms with Gasteiger partial charge in [0.25, 0.3) is 0 Å². The monoisotopic (exact) mass is 444 g/mol. The summed E-state index contributed by atoms with van der Waals surface area (Å²) in [7, 11) is 5.49. The Morgan fingerprint density at radius 1 is 1.03 bits per heavy atom. The molecule has 1 fully saturated rings. The smallest absolute Gasteiger partial charge is 0.162 e. The molecule has 0 radical (unpaired) electrons. The number of likely N-dealkylation sites (N-methyl/N-ethyl adjacent to an activating group) is 1. The van der Waals surface area contributed by atoms with E-state index in [4.69, 9.17) is 9.47 Å². The molecule has 0 unspecified atom stereocenters. The number of pyridine rings is 1. The second kappa shape index (κ2) is 8.77. The maximum absolute atomic E-state index is 9.49. The number of hydrogen-bond acceptors (Lipinski definition) is 6. The number of piperazine rings is 1. The van der Waals surface area contributed by atoms with Crippen molar-refractivity contribution in [3.63, 3.8) is 0 Å². The van der Waals surface area contributed by atoms with Crippen molar-refractivity contribution in [1.29, 1.82) is 5.26 Å². The van der Waals surface area contributed by atoms with Crippen molar-refractivity contribution < 1.29 is 9.47 Å². The Labute approximate surface area is 192 Å². The quantitative estimate of drug-likeness (QED) is 0.491. The Morgan fingerprint density at radius 3 is 2.52 bits per heavy atom. The molecular weight excluding hydrogens is 416 g/mol. The van der Waals surface area contributed by atoms with Crippen molar-refractivity contribution in [2.24, 2.45) is 0 Å². The Hall–Kier alpha value is -3.54. The Balaban J connectivity index is 1.59. The van der Waals surface area contributed by atoms with E-state index in [1.807, 2.05) is 18.2 Å². The molecule has 4 heterocycles. The van der Waals surface area contributed by atoms with Gasteiger partial charge in [0.05, 0.1) is 31.4 Å². The van der Waals surface area contributed by atoms with Crippen molar-refractivity contribution in [3.05, 3.63) is 42.2 Å². The van der Waals surface area contributed by atoms with E-state index in [0.717, 1.165) is 66.8 Å². The number of hydrogen-bond donors (Lipinski definition) is 1. The summed E-state index contributed by atoms with van der Waals surface area (Å²) in [5, 5.41) is 11.4. The summed E-state index contributed by atoms with van der Waals surface area (Å²) >= 11 is 0. The minimum Gasteiger partial charge on any atom is -0.493 e. The number of methoxy groups -OCH3 is 2. The largest absolute Gasteiger partial charge is 0.493 e. The Bertz CT molecular complexity index is 1340. The minimum absolute atomic E-state index is 0.612. The molecule has 1 aromatic carbocycles. The van der Waals surface area contributed by atoms with Crippen LogP contribution in [0.2, 0.25) is 0 Å². The summed E-state index contributed by atoms with van der Waals surface area (Å²) in [6.07, 6.45) is 3.84. The second-order valence-corrected chi connectivity index (χ2v) is 8.52. The standard InChI is InChI=1S/C25H28N6O2/c1-29-6-8-30(9-7-29)10-11-31-16-20(19-13-23(32-2)24(33-3)14-22(19)31)21-12-18-17(15-26)4-5-27-25(18)28-21/h4-5,12-14,16H,6-11H2,1-3H3,(H,27,28). The van der Waals surface area contributed by atoms with Crippen molar-refractivity contribution in [1.82, 2.24) is 24.3 Å². The van der Waals surface area contributed by atoms with Gasteiger partial charge in [-0.05, 0) is 25.2 Å². The molecule has 0 bridgehead atoms. The fourth-order valence-electron chi connectivity index (χ4n) is 4.61. The molecule has 1 aliphatic rings. The van der Waals surface area contributed by atoms with Gasteiger partial charge in [0.2, 0.25) is 0 Å². The van der Waals surface area contributed by atoms with Crippen molar-refractivity contribution in [2.75, 3.05) is 54.0 Å². The second-order valence-electron chi connectivity index (χ2n) is 8.52. The van der Waals surface area contributed by atoms with Crippen LogP contribution in [0.3, 0.4) is 0 Å². The first kappa shape index (κ1) is 21.3. The zero-order chi connectivity index (χ0) is 22.9. The van der Waals surface area contributed by atoms with Gasteiger partial charge in [0, 0.05) is 79.8 Å². The molecular formula is C25H28N6O2. The van der Waals surface area contributed by atoms with Gasteiger partial charge in [0.15, 0.2) is 11.5 Å². The van der Waals surface area contributed by atoms with E-state index in [2.05, 4.69) is 43.6 Å². The highest BCUT2D eigenvalue weighted by Crippen LogP contribution is 2.39. The third kappa shape index (κ3) is 3.90. The lowest BCUT2D eigenvalue weighted by Crippen LogP contribution is -2.45. The first-order valence-corrected chi connectivity index (χ1v) is 11.1. The van der Waals surface area contributed by atoms with Gasteiger partial charge >= 0.3 is 0 Å². The van der Waals surface area contributed by atoms with E-state index in [-0.39, 0.29) is 0 Å². The Morgan fingerprint density at radius 2 is 1.79 bits per heavy atom. The van der Waals surface area contributed by atoms with Crippen LogP contribution in [0.25, 0.3) is 33.2 Å². The molecule has 4 aromatic rings. The third-order valence-electron chi connectivity index (χ3n) is 6.58. The van der Waals surface area contributed by atoms with E-state index >= 15 is 0 Å². The van der Waals surface area contributed by atoms with Gasteiger partial charge < -0.3 is 23.9 Å². The molecule has 1 N–H and O–H groups in total. The molecule has 5 rings (SSSR count). The number of aromatic amines is 1. The normalized spacial score (nSPS) is 15.2. The first-order valence-electron chi connectivity index (χ1n) is 11.1. The lowest BCUT2D eigenvalue weighted by atomic mass is 10.1. The number of nitrogens with one attached hydrogen (secondary N) is 1. The highest BCUT2D eigenvalue weighted by atomic mass is 16.5. The fourth-order valence-corrected chi connectivity index (χ4v) is 4.61. The summed E-state index contributed by atoms with van der Waals surface area (Å²) in [5.41, 5.74) is 4.38. The maximum atomic E-state index is 9.49. The highest BCUT2D eigenvalue weighted by Gasteiger charge is 2.19. The SMILES string of the molecule is COc1cc2c(-c3cc4c(C#N)ccnc4[nH]3)cn(CCN3CCN(C)CC3)c2cc1OC. The van der Waals surface area contributed by atoms with Gasteiger partial charge in [0.1, 0.15) is 5.65 Å². The molecule has 0 atom stereocenters. The predicted octanol–water partition coefficient (Wildman–Crippen LogP) is 3.32. The third-order valence-corrected chi connectivity index (χ3v) is 6.58. The zero-order valence-corrected chi connectivity index (χ0v) is 19.3. The van der Waals surface area contributed by atoms with Crippen LogP contribution in [0.1, 0.15) is 5.56 Å². The van der Waals surface area contributed by atoms with E-state index in [9.17, 15) is 5.26 Å². The van der Waals surface area contributed by atoms with E-state index in [1.165, 1.54) is 0 Å². The van der Waals surface area contributed by atoms with Crippen LogP contribution in [-0.2, 0) is 6.54 Å². The van der Waals surface area contributed by atoms with E-state index in [1.54, 1.807) is 26.5 Å². The lowest BCUT2D eigenvalue weighted by molar-refractivity contribution is 0.150. The lowest BCUT2D eigenvalue weighted by Gasteiger charge is -2.32. The number of benzene rings is 1. The van der Waals surface area contributed by atoms with Gasteiger partial charge in [-0.15, -0.1) is 0 Å². The van der Waals surface area contributed by atoms with Crippen LogP contribution in [-0.4, -0.2) is 78.3 Å². The van der Waals surface area contributed by atoms with Crippen molar-refractivity contribution in [3.8, 4) is 28.8 Å². The van der Waals surface area contributed by atoms with Crippen LogP contribution in [0.4, 0.5) is 0 Å². The van der Waals surface area contributed by atoms with Crippen LogP contribution in [0.15, 0.2) is 36.7 Å². The van der Waals surface area contributed by atoms with Crippen LogP contribution >= 0.6 is 0 Å². The van der Waals surface area contributed by atoms with Crippen LogP contribution in [0, 0.1) is 11.3 Å². The molecule has 170 valence electrons. The number of nitriles is 1. The zero-order valence-electron chi connectivity index (χ0n) is 19.3. The number of H-pyrrole nitrogens is 1. The average Bonchev–Trinajstić information content (AvgIpc) is 3.43. The summed E-state index contributed by atoms with van der Waals surface area (Å²) in [5.74, 6) is 1.40. The number of ether oxygens (including phenoxy) is 2. The number of rotatable bonds is 6. The number of nitrogens with zero attached hydrogens (tertiary/aromatic N) is 5. The van der Waals surface area contributed by atoms with E-state index < -0.39 is 0 Å². The maximum Gasteiger partial charge on any atom is 0.162 e. The first-order chi connectivity index (χ1) is 16.1. The molecule has 1 saturated heterocycles. The van der Waals surface area contributed by atoms with Gasteiger partial charge in [-0.25, -0.2) is 4.98 Å². The topological polar surface area (TPSA) is 82.3 Å². The minimum atomic E-state index is 0.612. The highest BCUT2D eigenvalue weighted by molar-refractivity contribution is 6.00. The number of aromatic nitrogens is 3. The van der Waals surface area contributed by atoms with Gasteiger partial charge in [-0.1, -0.05) is 0 Å². The number of fused-ring (bicyclic) bond motifs is 2. The van der Waals surface area contributed by atoms with Crippen molar-refractivity contribution >= 4 is 21.9 Å². The van der Waals surface area contributed by atoms with Crippen molar-refractivity contribution in [2.45, 2.75) is 6.54 Å². The predicted molar refractivity (Wildman–Crippen MR) is 129 cm³/mol. The molecule has 0 saturated carbocycles. The molecule has 8 heteroatoms. The summed E-state index contributed by atoms with van der Waals surface area (Å²) in [6.45, 7) is 6.24. The van der Waals surface area contributed by atoms with E-state index in [0.29, 0.717) is 22.7 Å². The van der Waals surface area contributed by atoms with Gasteiger partial charge in [-0.2, -0.15) is 5.26 Å². The summed E-state index contributed by atoms with van der Waals surface area (Å²) in [6, 6.07) is 10.1. The van der Waals surface area contributed by atoms with Crippen LogP contribution in [0.5, 0.6) is 11.5 Å².